The summed E-state index contributed by atoms with van der Waals surface area (Å²) in [4.78, 5) is 11.7. The molecule has 4 heteroatoms. The molecular weight excluding hydrogens is 240 g/mol. The summed E-state index contributed by atoms with van der Waals surface area (Å²) in [6, 6.07) is 6.08. The lowest BCUT2D eigenvalue weighted by Crippen LogP contribution is -2.31. The van der Waals surface area contributed by atoms with Crippen LogP contribution >= 0.6 is 0 Å². The van der Waals surface area contributed by atoms with Crippen LogP contribution in [-0.2, 0) is 11.2 Å². The molecule has 0 aliphatic heterocycles. The Morgan fingerprint density at radius 2 is 2.21 bits per heavy atom. The van der Waals surface area contributed by atoms with E-state index in [1.807, 2.05) is 26.0 Å². The zero-order valence-corrected chi connectivity index (χ0v) is 12.0. The summed E-state index contributed by atoms with van der Waals surface area (Å²) < 4.78 is 5.22. The number of amides is 1. The van der Waals surface area contributed by atoms with E-state index < -0.39 is 0 Å². The van der Waals surface area contributed by atoms with Gasteiger partial charge < -0.3 is 15.8 Å². The van der Waals surface area contributed by atoms with Crippen molar-refractivity contribution in [2.75, 3.05) is 20.2 Å². The lowest BCUT2D eigenvalue weighted by atomic mass is 10.1. The van der Waals surface area contributed by atoms with E-state index in [9.17, 15) is 4.79 Å². The highest BCUT2D eigenvalue weighted by molar-refractivity contribution is 5.78. The smallest absolute Gasteiger partial charge is 0.222 e. The fraction of sp³-hybridized carbons (Fsp3) is 0.533. The molecule has 1 atom stereocenters. The molecule has 0 saturated carbocycles. The van der Waals surface area contributed by atoms with E-state index in [4.69, 9.17) is 10.5 Å². The minimum Gasteiger partial charge on any atom is -0.496 e. The average Bonchev–Trinajstić information content (AvgIpc) is 2.39. The van der Waals surface area contributed by atoms with Crippen molar-refractivity contribution in [3.63, 3.8) is 0 Å². The van der Waals surface area contributed by atoms with Gasteiger partial charge >= 0.3 is 0 Å². The first-order chi connectivity index (χ1) is 9.08. The SMILES string of the molecule is COc1ccc(CCNC(=O)C(C)CCN)cc1C. The van der Waals surface area contributed by atoms with Crippen LogP contribution in [0.3, 0.4) is 0 Å². The van der Waals surface area contributed by atoms with Crippen molar-refractivity contribution in [2.45, 2.75) is 26.7 Å². The van der Waals surface area contributed by atoms with Gasteiger partial charge in [-0.25, -0.2) is 0 Å². The summed E-state index contributed by atoms with van der Waals surface area (Å²) in [6.45, 7) is 5.12. The van der Waals surface area contributed by atoms with E-state index in [0.717, 1.165) is 24.2 Å². The molecule has 0 aliphatic carbocycles. The van der Waals surface area contributed by atoms with Gasteiger partial charge in [0.25, 0.3) is 0 Å². The first-order valence-electron chi connectivity index (χ1n) is 6.69. The lowest BCUT2D eigenvalue weighted by Gasteiger charge is -2.11. The molecule has 1 aromatic rings. The molecular formula is C15H24N2O2. The van der Waals surface area contributed by atoms with Gasteiger partial charge in [-0.3, -0.25) is 4.79 Å². The zero-order valence-electron chi connectivity index (χ0n) is 12.0. The van der Waals surface area contributed by atoms with Crippen LogP contribution in [0.1, 0.15) is 24.5 Å². The molecule has 4 nitrogen and oxygen atoms in total. The highest BCUT2D eigenvalue weighted by Crippen LogP contribution is 2.18. The molecule has 1 rings (SSSR count). The summed E-state index contributed by atoms with van der Waals surface area (Å²) in [5.74, 6) is 0.961. The average molecular weight is 264 g/mol. The maximum absolute atomic E-state index is 11.7. The van der Waals surface area contributed by atoms with Crippen molar-refractivity contribution < 1.29 is 9.53 Å². The molecule has 106 valence electrons. The molecule has 0 heterocycles. The number of carbonyl (C=O) groups is 1. The third-order valence-corrected chi connectivity index (χ3v) is 3.22. The van der Waals surface area contributed by atoms with Crippen LogP contribution in [0, 0.1) is 12.8 Å². The Kier molecular flexibility index (Phi) is 6.36. The monoisotopic (exact) mass is 264 g/mol. The predicted octanol–water partition coefficient (Wildman–Crippen LogP) is 1.65. The second kappa shape index (κ2) is 7.79. The minimum absolute atomic E-state index is 0.0115. The molecule has 3 N–H and O–H groups in total. The molecule has 0 spiro atoms. The molecule has 19 heavy (non-hydrogen) atoms. The Labute approximate surface area is 115 Å². The fourth-order valence-electron chi connectivity index (χ4n) is 1.98. The normalized spacial score (nSPS) is 12.0. The third-order valence-electron chi connectivity index (χ3n) is 3.22. The predicted molar refractivity (Wildman–Crippen MR) is 77.3 cm³/mol. The Hall–Kier alpha value is -1.55. The molecule has 1 amide bonds. The van der Waals surface area contributed by atoms with Gasteiger partial charge in [0.15, 0.2) is 0 Å². The number of hydrogen-bond donors (Lipinski definition) is 2. The zero-order chi connectivity index (χ0) is 14.3. The highest BCUT2D eigenvalue weighted by Gasteiger charge is 2.10. The van der Waals surface area contributed by atoms with Gasteiger partial charge in [0.2, 0.25) is 5.91 Å². The van der Waals surface area contributed by atoms with Crippen LogP contribution in [0.2, 0.25) is 0 Å². The van der Waals surface area contributed by atoms with E-state index in [2.05, 4.69) is 11.4 Å². The van der Waals surface area contributed by atoms with Gasteiger partial charge in [-0.1, -0.05) is 19.1 Å². The van der Waals surface area contributed by atoms with Crippen molar-refractivity contribution >= 4 is 5.91 Å². The van der Waals surface area contributed by atoms with E-state index in [0.29, 0.717) is 13.1 Å². The second-order valence-corrected chi connectivity index (χ2v) is 4.82. The molecule has 1 aromatic carbocycles. The topological polar surface area (TPSA) is 64.3 Å². The fourth-order valence-corrected chi connectivity index (χ4v) is 1.98. The molecule has 0 radical (unpaired) electrons. The number of carbonyl (C=O) groups excluding carboxylic acids is 1. The van der Waals surface area contributed by atoms with Gasteiger partial charge in [-0.2, -0.15) is 0 Å². The van der Waals surface area contributed by atoms with Crippen molar-refractivity contribution in [1.29, 1.82) is 0 Å². The van der Waals surface area contributed by atoms with Crippen molar-refractivity contribution in [3.8, 4) is 5.75 Å². The van der Waals surface area contributed by atoms with Gasteiger partial charge in [-0.15, -0.1) is 0 Å². The van der Waals surface area contributed by atoms with Crippen LogP contribution in [0.25, 0.3) is 0 Å². The number of rotatable bonds is 7. The largest absolute Gasteiger partial charge is 0.496 e. The minimum atomic E-state index is -0.0115. The number of ether oxygens (including phenoxy) is 1. The summed E-state index contributed by atoms with van der Waals surface area (Å²) in [7, 11) is 1.67. The summed E-state index contributed by atoms with van der Waals surface area (Å²) in [5, 5.41) is 2.94. The number of methoxy groups -OCH3 is 1. The van der Waals surface area contributed by atoms with Crippen molar-refractivity contribution in [3.05, 3.63) is 29.3 Å². The van der Waals surface area contributed by atoms with Crippen molar-refractivity contribution in [1.82, 2.24) is 5.32 Å². The number of benzene rings is 1. The van der Waals surface area contributed by atoms with Crippen LogP contribution in [0.4, 0.5) is 0 Å². The second-order valence-electron chi connectivity index (χ2n) is 4.82. The van der Waals surface area contributed by atoms with E-state index in [1.54, 1.807) is 7.11 Å². The van der Waals surface area contributed by atoms with Crippen LogP contribution in [-0.4, -0.2) is 26.1 Å². The summed E-state index contributed by atoms with van der Waals surface area (Å²) in [6.07, 6.45) is 1.55. The quantitative estimate of drug-likeness (QED) is 0.787. The molecule has 0 fully saturated rings. The molecule has 0 bridgehead atoms. The van der Waals surface area contributed by atoms with E-state index >= 15 is 0 Å². The number of aryl methyl sites for hydroxylation is 1. The van der Waals surface area contributed by atoms with Gasteiger partial charge in [0, 0.05) is 12.5 Å². The van der Waals surface area contributed by atoms with E-state index in [-0.39, 0.29) is 11.8 Å². The van der Waals surface area contributed by atoms with Crippen molar-refractivity contribution in [2.24, 2.45) is 11.7 Å². The molecule has 1 unspecified atom stereocenters. The standard InChI is InChI=1S/C15H24N2O2/c1-11(6-8-16)15(18)17-9-7-13-4-5-14(19-3)12(2)10-13/h4-5,10-11H,6-9,16H2,1-3H3,(H,17,18). The van der Waals surface area contributed by atoms with Gasteiger partial charge in [-0.05, 0) is 43.5 Å². The molecule has 0 aromatic heterocycles. The van der Waals surface area contributed by atoms with Crippen LogP contribution < -0.4 is 15.8 Å². The number of nitrogens with two attached hydrogens (primary N) is 1. The maximum atomic E-state index is 11.7. The Balaban J connectivity index is 2.41. The van der Waals surface area contributed by atoms with Gasteiger partial charge in [0.1, 0.15) is 5.75 Å². The van der Waals surface area contributed by atoms with E-state index in [1.165, 1.54) is 5.56 Å². The lowest BCUT2D eigenvalue weighted by molar-refractivity contribution is -0.124. The molecule has 0 aliphatic rings. The van der Waals surface area contributed by atoms with Crippen LogP contribution in [0.15, 0.2) is 18.2 Å². The Morgan fingerprint density at radius 1 is 1.47 bits per heavy atom. The Bertz CT molecular complexity index is 419. The molecule has 0 saturated heterocycles. The van der Waals surface area contributed by atoms with Crippen LogP contribution in [0.5, 0.6) is 5.75 Å². The first kappa shape index (κ1) is 15.5. The highest BCUT2D eigenvalue weighted by atomic mass is 16.5. The summed E-state index contributed by atoms with van der Waals surface area (Å²) in [5.41, 5.74) is 7.75. The first-order valence-corrected chi connectivity index (χ1v) is 6.69. The number of nitrogens with one attached hydrogen (secondary N) is 1. The third kappa shape index (κ3) is 4.91. The maximum Gasteiger partial charge on any atom is 0.222 e. The number of hydrogen-bond acceptors (Lipinski definition) is 3. The van der Waals surface area contributed by atoms with Gasteiger partial charge in [0.05, 0.1) is 7.11 Å². The summed E-state index contributed by atoms with van der Waals surface area (Å²) >= 11 is 0. The Morgan fingerprint density at radius 3 is 2.79 bits per heavy atom.